The Morgan fingerprint density at radius 3 is 2.81 bits per heavy atom. The lowest BCUT2D eigenvalue weighted by atomic mass is 9.95. The number of aromatic amines is 1. The van der Waals surface area contributed by atoms with Crippen molar-refractivity contribution in [3.8, 4) is 22.4 Å². The van der Waals surface area contributed by atoms with E-state index < -0.39 is 0 Å². The number of fused-ring (bicyclic) bond motifs is 2. The molecule has 6 heteroatoms. The molecule has 0 spiro atoms. The van der Waals surface area contributed by atoms with Crippen molar-refractivity contribution in [3.05, 3.63) is 59.8 Å². The van der Waals surface area contributed by atoms with Crippen LogP contribution in [-0.2, 0) is 13.1 Å². The van der Waals surface area contributed by atoms with Gasteiger partial charge in [0.1, 0.15) is 17.2 Å². The summed E-state index contributed by atoms with van der Waals surface area (Å²) in [6.07, 6.45) is 3.81. The minimum atomic E-state index is -0.243. The number of nitrogens with one attached hydrogen (secondary N) is 2. The smallest absolute Gasteiger partial charge is 0.138 e. The number of aromatic nitrogens is 4. The summed E-state index contributed by atoms with van der Waals surface area (Å²) in [6, 6.07) is 8.98. The summed E-state index contributed by atoms with van der Waals surface area (Å²) < 4.78 is 15.6. The second-order valence-corrected chi connectivity index (χ2v) is 7.20. The fraction of sp³-hybridized carbons (Fsp3) is 0.238. The third kappa shape index (κ3) is 2.56. The van der Waals surface area contributed by atoms with Gasteiger partial charge in [-0.05, 0) is 55.3 Å². The minimum Gasteiger partial charge on any atom is -0.346 e. The highest BCUT2D eigenvalue weighted by Crippen LogP contribution is 2.39. The lowest BCUT2D eigenvalue weighted by Crippen LogP contribution is -2.36. The monoisotopic (exact) mass is 361 g/mol. The molecule has 0 radical (unpaired) electrons. The van der Waals surface area contributed by atoms with Gasteiger partial charge in [0.2, 0.25) is 0 Å². The lowest BCUT2D eigenvalue weighted by molar-refractivity contribution is 0.390. The minimum absolute atomic E-state index is 0.243. The van der Waals surface area contributed by atoms with Crippen molar-refractivity contribution in [2.24, 2.45) is 0 Å². The number of H-pyrrole nitrogens is 1. The SMILES string of the molecule is Cc1c[nH]c2nccc(-c3c(-c4ccc(F)cc4)nn4c3CN[C@@H](C)C4)c12. The van der Waals surface area contributed by atoms with Gasteiger partial charge in [0.05, 0.1) is 12.2 Å². The highest BCUT2D eigenvalue weighted by atomic mass is 19.1. The summed E-state index contributed by atoms with van der Waals surface area (Å²) in [5.74, 6) is -0.243. The molecule has 0 amide bonds. The van der Waals surface area contributed by atoms with Gasteiger partial charge in [-0.2, -0.15) is 5.10 Å². The zero-order valence-corrected chi connectivity index (χ0v) is 15.3. The Morgan fingerprint density at radius 1 is 1.19 bits per heavy atom. The quantitative estimate of drug-likeness (QED) is 0.567. The highest BCUT2D eigenvalue weighted by Gasteiger charge is 2.26. The molecule has 1 aliphatic heterocycles. The van der Waals surface area contributed by atoms with Crippen LogP contribution < -0.4 is 5.32 Å². The maximum Gasteiger partial charge on any atom is 0.138 e. The maximum atomic E-state index is 13.5. The molecule has 0 fully saturated rings. The average Bonchev–Trinajstić information content (AvgIpc) is 3.23. The third-order valence-corrected chi connectivity index (χ3v) is 5.28. The highest BCUT2D eigenvalue weighted by molar-refractivity contribution is 5.99. The summed E-state index contributed by atoms with van der Waals surface area (Å²) in [7, 11) is 0. The first-order valence-electron chi connectivity index (χ1n) is 9.14. The van der Waals surface area contributed by atoms with E-state index in [-0.39, 0.29) is 5.82 Å². The second-order valence-electron chi connectivity index (χ2n) is 7.20. The molecule has 0 saturated heterocycles. The molecule has 1 aliphatic rings. The van der Waals surface area contributed by atoms with Crippen LogP contribution in [0.5, 0.6) is 0 Å². The van der Waals surface area contributed by atoms with Crippen LogP contribution in [-0.4, -0.2) is 25.8 Å². The van der Waals surface area contributed by atoms with Gasteiger partial charge >= 0.3 is 0 Å². The first kappa shape index (κ1) is 16.2. The zero-order chi connectivity index (χ0) is 18.5. The predicted octanol–water partition coefficient (Wildman–Crippen LogP) is 4.03. The fourth-order valence-corrected chi connectivity index (χ4v) is 3.94. The van der Waals surface area contributed by atoms with Crippen LogP contribution in [0.25, 0.3) is 33.4 Å². The van der Waals surface area contributed by atoms with Gasteiger partial charge in [-0.25, -0.2) is 9.37 Å². The number of benzene rings is 1. The first-order chi connectivity index (χ1) is 13.1. The van der Waals surface area contributed by atoms with E-state index in [1.807, 2.05) is 18.5 Å². The topological polar surface area (TPSA) is 58.5 Å². The molecule has 0 aliphatic carbocycles. The molecule has 3 aromatic heterocycles. The molecule has 5 nitrogen and oxygen atoms in total. The van der Waals surface area contributed by atoms with Crippen molar-refractivity contribution in [1.82, 2.24) is 25.1 Å². The van der Waals surface area contributed by atoms with Crippen molar-refractivity contribution in [2.75, 3.05) is 0 Å². The van der Waals surface area contributed by atoms with E-state index >= 15 is 0 Å². The van der Waals surface area contributed by atoms with Gasteiger partial charge in [-0.15, -0.1) is 0 Å². The van der Waals surface area contributed by atoms with Crippen LogP contribution in [0.15, 0.2) is 42.7 Å². The zero-order valence-electron chi connectivity index (χ0n) is 15.3. The van der Waals surface area contributed by atoms with Gasteiger partial charge in [0.15, 0.2) is 0 Å². The Morgan fingerprint density at radius 2 is 2.00 bits per heavy atom. The molecule has 1 atom stereocenters. The number of rotatable bonds is 2. The molecule has 0 unspecified atom stereocenters. The van der Waals surface area contributed by atoms with E-state index in [0.717, 1.165) is 57.8 Å². The van der Waals surface area contributed by atoms with Crippen LogP contribution in [0.2, 0.25) is 0 Å². The van der Waals surface area contributed by atoms with Gasteiger partial charge in [0.25, 0.3) is 0 Å². The Labute approximate surface area is 156 Å². The summed E-state index contributed by atoms with van der Waals surface area (Å²) in [6.45, 7) is 5.79. The Balaban J connectivity index is 1.82. The Bertz CT molecular complexity index is 1140. The third-order valence-electron chi connectivity index (χ3n) is 5.28. The second kappa shape index (κ2) is 6.03. The molecular weight excluding hydrogens is 341 g/mol. The van der Waals surface area contributed by atoms with Crippen molar-refractivity contribution in [1.29, 1.82) is 0 Å². The van der Waals surface area contributed by atoms with Crippen LogP contribution in [0.1, 0.15) is 18.2 Å². The molecule has 1 aromatic carbocycles. The average molecular weight is 361 g/mol. The van der Waals surface area contributed by atoms with Gasteiger partial charge in [-0.3, -0.25) is 4.68 Å². The van der Waals surface area contributed by atoms with Crippen molar-refractivity contribution < 1.29 is 4.39 Å². The Hall–Kier alpha value is -2.99. The maximum absolute atomic E-state index is 13.5. The van der Waals surface area contributed by atoms with Crippen molar-refractivity contribution in [2.45, 2.75) is 33.0 Å². The number of halogens is 1. The molecule has 5 rings (SSSR count). The summed E-state index contributed by atoms with van der Waals surface area (Å²) in [4.78, 5) is 7.70. The van der Waals surface area contributed by atoms with Crippen LogP contribution in [0.3, 0.4) is 0 Å². The number of nitrogens with zero attached hydrogens (tertiary/aromatic N) is 3. The van der Waals surface area contributed by atoms with E-state index in [1.165, 1.54) is 12.1 Å². The first-order valence-corrected chi connectivity index (χ1v) is 9.14. The van der Waals surface area contributed by atoms with E-state index in [0.29, 0.717) is 6.04 Å². The van der Waals surface area contributed by atoms with E-state index in [1.54, 1.807) is 12.1 Å². The normalized spacial score (nSPS) is 16.6. The summed E-state index contributed by atoms with van der Waals surface area (Å²) in [5.41, 5.74) is 7.17. The van der Waals surface area contributed by atoms with Crippen LogP contribution in [0, 0.1) is 12.7 Å². The van der Waals surface area contributed by atoms with Gasteiger partial charge in [0, 0.05) is 41.5 Å². The van der Waals surface area contributed by atoms with Crippen LogP contribution >= 0.6 is 0 Å². The number of pyridine rings is 1. The largest absolute Gasteiger partial charge is 0.346 e. The molecular formula is C21H20FN5. The molecule has 136 valence electrons. The predicted molar refractivity (Wildman–Crippen MR) is 104 cm³/mol. The van der Waals surface area contributed by atoms with Crippen molar-refractivity contribution >= 4 is 11.0 Å². The molecule has 2 N–H and O–H groups in total. The van der Waals surface area contributed by atoms with E-state index in [2.05, 4.69) is 33.8 Å². The molecule has 4 heterocycles. The Kier molecular flexibility index (Phi) is 3.62. The van der Waals surface area contributed by atoms with E-state index in [9.17, 15) is 4.39 Å². The molecule has 4 aromatic rings. The van der Waals surface area contributed by atoms with Crippen molar-refractivity contribution in [3.63, 3.8) is 0 Å². The van der Waals surface area contributed by atoms with Gasteiger partial charge in [-0.1, -0.05) is 0 Å². The molecule has 27 heavy (non-hydrogen) atoms. The van der Waals surface area contributed by atoms with E-state index in [4.69, 9.17) is 5.10 Å². The lowest BCUT2D eigenvalue weighted by Gasteiger charge is -2.22. The fourth-order valence-electron chi connectivity index (χ4n) is 3.94. The van der Waals surface area contributed by atoms with Crippen LogP contribution in [0.4, 0.5) is 4.39 Å². The number of hydrogen-bond donors (Lipinski definition) is 2. The molecule has 0 bridgehead atoms. The standard InChI is InChI=1S/C21H20FN5/c1-12-9-25-21-18(12)16(7-8-23-21)19-17-10-24-13(2)11-27(17)26-20(19)14-3-5-15(22)6-4-14/h3-9,13,24H,10-11H2,1-2H3,(H,23,25)/t13-/m0/s1. The van der Waals surface area contributed by atoms with Gasteiger partial charge < -0.3 is 10.3 Å². The number of aryl methyl sites for hydroxylation is 1. The summed E-state index contributed by atoms with van der Waals surface area (Å²) in [5, 5.41) is 9.56. The summed E-state index contributed by atoms with van der Waals surface area (Å²) >= 11 is 0. The number of hydrogen-bond acceptors (Lipinski definition) is 3. The molecule has 0 saturated carbocycles.